The first-order valence-electron chi connectivity index (χ1n) is 7.10. The highest BCUT2D eigenvalue weighted by Crippen LogP contribution is 2.21. The van der Waals surface area contributed by atoms with Gasteiger partial charge in [0.2, 0.25) is 0 Å². The van der Waals surface area contributed by atoms with Crippen molar-refractivity contribution >= 4 is 0 Å². The molecule has 3 aromatic rings. The van der Waals surface area contributed by atoms with Crippen molar-refractivity contribution in [3.63, 3.8) is 0 Å². The van der Waals surface area contributed by atoms with Gasteiger partial charge in [-0.3, -0.25) is 0 Å². The fourth-order valence-corrected chi connectivity index (χ4v) is 2.15. The van der Waals surface area contributed by atoms with Crippen molar-refractivity contribution in [1.29, 1.82) is 0 Å². The van der Waals surface area contributed by atoms with Crippen LogP contribution in [-0.2, 0) is 0 Å². The summed E-state index contributed by atoms with van der Waals surface area (Å²) in [4.78, 5) is 13.7. The summed E-state index contributed by atoms with van der Waals surface area (Å²) in [7, 11) is 0. The van der Waals surface area contributed by atoms with Gasteiger partial charge in [0.25, 0.3) is 0 Å². The van der Waals surface area contributed by atoms with Gasteiger partial charge in [0.1, 0.15) is 5.69 Å². The summed E-state index contributed by atoms with van der Waals surface area (Å²) >= 11 is 0. The maximum Gasteiger partial charge on any atom is 0.178 e. The zero-order valence-electron chi connectivity index (χ0n) is 12.2. The molecule has 0 atom stereocenters. The second-order valence-corrected chi connectivity index (χ2v) is 5.23. The molecule has 21 heavy (non-hydrogen) atoms. The van der Waals surface area contributed by atoms with Gasteiger partial charge in [0, 0.05) is 17.5 Å². The lowest BCUT2D eigenvalue weighted by Gasteiger charge is -2.07. The lowest BCUT2D eigenvalue weighted by atomic mass is 10.1. The average Bonchev–Trinajstić information content (AvgIpc) is 2.56. The Labute approximate surface area is 124 Å². The highest BCUT2D eigenvalue weighted by molar-refractivity contribution is 5.61. The maximum absolute atomic E-state index is 4.65. The van der Waals surface area contributed by atoms with Crippen LogP contribution in [0.25, 0.3) is 22.8 Å². The van der Waals surface area contributed by atoms with E-state index < -0.39 is 0 Å². The van der Waals surface area contributed by atoms with E-state index in [0.717, 1.165) is 22.6 Å². The predicted molar refractivity (Wildman–Crippen MR) is 84.8 cm³/mol. The third-order valence-corrected chi connectivity index (χ3v) is 3.32. The fourth-order valence-electron chi connectivity index (χ4n) is 2.15. The first kappa shape index (κ1) is 13.4. The van der Waals surface area contributed by atoms with Crippen molar-refractivity contribution in [2.45, 2.75) is 19.8 Å². The molecule has 0 amide bonds. The Morgan fingerprint density at radius 2 is 1.57 bits per heavy atom. The molecule has 0 N–H and O–H groups in total. The van der Waals surface area contributed by atoms with Crippen LogP contribution in [0.4, 0.5) is 0 Å². The van der Waals surface area contributed by atoms with E-state index in [9.17, 15) is 0 Å². The van der Waals surface area contributed by atoms with Crippen LogP contribution in [0.15, 0.2) is 60.8 Å². The quantitative estimate of drug-likeness (QED) is 0.714. The third-order valence-electron chi connectivity index (χ3n) is 3.32. The van der Waals surface area contributed by atoms with Crippen molar-refractivity contribution in [3.05, 3.63) is 66.5 Å². The minimum atomic E-state index is 0.391. The molecule has 0 bridgehead atoms. The molecule has 0 radical (unpaired) electrons. The van der Waals surface area contributed by atoms with E-state index in [-0.39, 0.29) is 0 Å². The molecule has 0 saturated carbocycles. The van der Waals surface area contributed by atoms with Crippen LogP contribution in [0.1, 0.15) is 25.5 Å². The third kappa shape index (κ3) is 2.97. The SMILES string of the molecule is CC(C)c1cccc(-c2nccc(-c3ccccc3)n2)n1. The molecule has 0 aliphatic carbocycles. The van der Waals surface area contributed by atoms with Crippen LogP contribution in [0.5, 0.6) is 0 Å². The molecule has 0 aliphatic heterocycles. The maximum atomic E-state index is 4.65. The van der Waals surface area contributed by atoms with Gasteiger partial charge in [0.15, 0.2) is 5.82 Å². The largest absolute Gasteiger partial charge is 0.249 e. The van der Waals surface area contributed by atoms with Gasteiger partial charge in [-0.15, -0.1) is 0 Å². The first-order chi connectivity index (χ1) is 10.2. The van der Waals surface area contributed by atoms with Crippen LogP contribution < -0.4 is 0 Å². The van der Waals surface area contributed by atoms with Crippen LogP contribution in [-0.4, -0.2) is 15.0 Å². The molecule has 3 heteroatoms. The summed E-state index contributed by atoms with van der Waals surface area (Å²) in [6.07, 6.45) is 1.79. The zero-order valence-corrected chi connectivity index (χ0v) is 12.2. The van der Waals surface area contributed by atoms with Gasteiger partial charge >= 0.3 is 0 Å². The van der Waals surface area contributed by atoms with E-state index in [1.54, 1.807) is 6.20 Å². The Morgan fingerprint density at radius 3 is 2.33 bits per heavy atom. The first-order valence-corrected chi connectivity index (χ1v) is 7.10. The second-order valence-electron chi connectivity index (χ2n) is 5.23. The molecule has 2 heterocycles. The Bertz CT molecular complexity index is 736. The molecule has 0 aliphatic rings. The van der Waals surface area contributed by atoms with Gasteiger partial charge in [-0.2, -0.15) is 0 Å². The molecule has 3 rings (SSSR count). The van der Waals surface area contributed by atoms with Crippen molar-refractivity contribution in [2.24, 2.45) is 0 Å². The van der Waals surface area contributed by atoms with Gasteiger partial charge in [0.05, 0.1) is 5.69 Å². The van der Waals surface area contributed by atoms with Crippen molar-refractivity contribution in [3.8, 4) is 22.8 Å². The molecule has 0 saturated heterocycles. The molecule has 3 nitrogen and oxygen atoms in total. The number of benzene rings is 1. The smallest absolute Gasteiger partial charge is 0.178 e. The van der Waals surface area contributed by atoms with Crippen LogP contribution in [0, 0.1) is 0 Å². The highest BCUT2D eigenvalue weighted by Gasteiger charge is 2.08. The van der Waals surface area contributed by atoms with Gasteiger partial charge in [-0.1, -0.05) is 50.2 Å². The Kier molecular flexibility index (Phi) is 3.73. The molecule has 0 fully saturated rings. The molecule has 104 valence electrons. The zero-order chi connectivity index (χ0) is 14.7. The van der Waals surface area contributed by atoms with Crippen molar-refractivity contribution in [2.75, 3.05) is 0 Å². The fraction of sp³-hybridized carbons (Fsp3) is 0.167. The number of nitrogens with zero attached hydrogens (tertiary/aromatic N) is 3. The number of hydrogen-bond acceptors (Lipinski definition) is 3. The lowest BCUT2D eigenvalue weighted by molar-refractivity contribution is 0.823. The van der Waals surface area contributed by atoms with E-state index in [1.165, 1.54) is 0 Å². The average molecular weight is 275 g/mol. The number of pyridine rings is 1. The normalized spacial score (nSPS) is 10.8. The monoisotopic (exact) mass is 275 g/mol. The van der Waals surface area contributed by atoms with Crippen LogP contribution >= 0.6 is 0 Å². The van der Waals surface area contributed by atoms with Crippen LogP contribution in [0.3, 0.4) is 0 Å². The number of rotatable bonds is 3. The standard InChI is InChI=1S/C18H17N3/c1-13(2)15-9-6-10-17(20-15)18-19-12-11-16(21-18)14-7-4-3-5-8-14/h3-13H,1-2H3. The summed E-state index contributed by atoms with van der Waals surface area (Å²) in [6.45, 7) is 4.26. The number of hydrogen-bond donors (Lipinski definition) is 0. The van der Waals surface area contributed by atoms with Crippen molar-refractivity contribution in [1.82, 2.24) is 15.0 Å². The van der Waals surface area contributed by atoms with Gasteiger partial charge in [-0.25, -0.2) is 15.0 Å². The van der Waals surface area contributed by atoms with E-state index >= 15 is 0 Å². The van der Waals surface area contributed by atoms with Gasteiger partial charge < -0.3 is 0 Å². The Morgan fingerprint density at radius 1 is 0.762 bits per heavy atom. The summed E-state index contributed by atoms with van der Waals surface area (Å²) in [6, 6.07) is 18.0. The molecule has 1 aromatic carbocycles. The Balaban J connectivity index is 2.02. The molecular weight excluding hydrogens is 258 g/mol. The van der Waals surface area contributed by atoms with E-state index in [4.69, 9.17) is 0 Å². The minimum Gasteiger partial charge on any atom is -0.249 e. The molecule has 0 unspecified atom stereocenters. The van der Waals surface area contributed by atoms with E-state index in [2.05, 4.69) is 28.8 Å². The van der Waals surface area contributed by atoms with Gasteiger partial charge in [-0.05, 0) is 24.1 Å². The van der Waals surface area contributed by atoms with E-state index in [0.29, 0.717) is 11.7 Å². The molecular formula is C18H17N3. The molecule has 0 spiro atoms. The summed E-state index contributed by atoms with van der Waals surface area (Å²) in [5, 5.41) is 0. The lowest BCUT2D eigenvalue weighted by Crippen LogP contribution is -1.97. The predicted octanol–water partition coefficient (Wildman–Crippen LogP) is 4.33. The number of aromatic nitrogens is 3. The topological polar surface area (TPSA) is 38.7 Å². The van der Waals surface area contributed by atoms with Crippen molar-refractivity contribution < 1.29 is 0 Å². The second kappa shape index (κ2) is 5.83. The Hall–Kier alpha value is -2.55. The molecule has 2 aromatic heterocycles. The van der Waals surface area contributed by atoms with Crippen LogP contribution in [0.2, 0.25) is 0 Å². The highest BCUT2D eigenvalue weighted by atomic mass is 14.9. The summed E-state index contributed by atoms with van der Waals surface area (Å²) in [5.74, 6) is 1.06. The summed E-state index contributed by atoms with van der Waals surface area (Å²) in [5.41, 5.74) is 3.87. The summed E-state index contributed by atoms with van der Waals surface area (Å²) < 4.78 is 0. The van der Waals surface area contributed by atoms with E-state index in [1.807, 2.05) is 54.6 Å². The minimum absolute atomic E-state index is 0.391.